The van der Waals surface area contributed by atoms with E-state index in [9.17, 15) is 4.79 Å². The Bertz CT molecular complexity index is 603. The highest BCUT2D eigenvalue weighted by molar-refractivity contribution is 7.13. The van der Waals surface area contributed by atoms with Crippen LogP contribution in [0.1, 0.15) is 19.3 Å². The summed E-state index contributed by atoms with van der Waals surface area (Å²) in [6.07, 6.45) is 4.40. The van der Waals surface area contributed by atoms with Crippen molar-refractivity contribution in [2.24, 2.45) is 11.7 Å². The third-order valence-electron chi connectivity index (χ3n) is 3.65. The molecule has 1 aliphatic carbocycles. The molecule has 6 heteroatoms. The van der Waals surface area contributed by atoms with Crippen molar-refractivity contribution in [3.63, 3.8) is 0 Å². The van der Waals surface area contributed by atoms with Crippen molar-refractivity contribution in [1.82, 2.24) is 4.98 Å². The summed E-state index contributed by atoms with van der Waals surface area (Å²) in [4.78, 5) is 16.5. The Morgan fingerprint density at radius 1 is 1.38 bits per heavy atom. The average molecular weight is 324 g/mol. The van der Waals surface area contributed by atoms with Gasteiger partial charge in [0.1, 0.15) is 5.01 Å². The molecule has 2 unspecified atom stereocenters. The van der Waals surface area contributed by atoms with Gasteiger partial charge in [0.15, 0.2) is 0 Å². The van der Waals surface area contributed by atoms with E-state index in [0.29, 0.717) is 0 Å². The van der Waals surface area contributed by atoms with Crippen molar-refractivity contribution >= 4 is 35.3 Å². The number of carbonyl (C=O) groups is 1. The zero-order valence-corrected chi connectivity index (χ0v) is 13.1. The lowest BCUT2D eigenvalue weighted by atomic mass is 10.1. The number of hydrogen-bond acceptors (Lipinski definition) is 4. The molecule has 2 aromatic rings. The average Bonchev–Trinajstić information content (AvgIpc) is 3.10. The molecule has 1 fully saturated rings. The van der Waals surface area contributed by atoms with Crippen molar-refractivity contribution in [1.29, 1.82) is 0 Å². The van der Waals surface area contributed by atoms with Gasteiger partial charge in [-0.2, -0.15) is 0 Å². The smallest absolute Gasteiger partial charge is 0.227 e. The van der Waals surface area contributed by atoms with Crippen molar-refractivity contribution in [3.8, 4) is 10.6 Å². The Morgan fingerprint density at radius 3 is 2.90 bits per heavy atom. The van der Waals surface area contributed by atoms with Crippen LogP contribution in [-0.2, 0) is 4.79 Å². The molecular weight excluding hydrogens is 306 g/mol. The molecular formula is C15H18ClN3OS. The highest BCUT2D eigenvalue weighted by Crippen LogP contribution is 2.27. The van der Waals surface area contributed by atoms with Gasteiger partial charge < -0.3 is 11.1 Å². The van der Waals surface area contributed by atoms with Crippen molar-refractivity contribution < 1.29 is 4.79 Å². The molecule has 1 aromatic carbocycles. The topological polar surface area (TPSA) is 68.0 Å². The minimum Gasteiger partial charge on any atom is -0.328 e. The van der Waals surface area contributed by atoms with Gasteiger partial charge in [0.25, 0.3) is 0 Å². The summed E-state index contributed by atoms with van der Waals surface area (Å²) >= 11 is 1.59. The van der Waals surface area contributed by atoms with E-state index in [-0.39, 0.29) is 30.3 Å². The Hall–Kier alpha value is -1.43. The molecule has 3 rings (SSSR count). The number of carbonyl (C=O) groups excluding carboxylic acids is 1. The van der Waals surface area contributed by atoms with Crippen LogP contribution in [0.3, 0.4) is 0 Å². The molecule has 1 heterocycles. The van der Waals surface area contributed by atoms with E-state index in [0.717, 1.165) is 35.5 Å². The Balaban J connectivity index is 0.00000161. The highest BCUT2D eigenvalue weighted by atomic mass is 35.5. The number of benzene rings is 1. The van der Waals surface area contributed by atoms with E-state index in [1.807, 2.05) is 29.6 Å². The second-order valence-electron chi connectivity index (χ2n) is 5.18. The summed E-state index contributed by atoms with van der Waals surface area (Å²) in [5.74, 6) is 0.128. The van der Waals surface area contributed by atoms with Gasteiger partial charge in [-0.05, 0) is 31.4 Å². The molecule has 0 saturated heterocycles. The predicted molar refractivity (Wildman–Crippen MR) is 88.7 cm³/mol. The molecule has 4 nitrogen and oxygen atoms in total. The number of hydrogen-bond donors (Lipinski definition) is 2. The van der Waals surface area contributed by atoms with Gasteiger partial charge in [0.2, 0.25) is 5.91 Å². The van der Waals surface area contributed by atoms with E-state index in [1.54, 1.807) is 17.5 Å². The van der Waals surface area contributed by atoms with Gasteiger partial charge in [-0.15, -0.1) is 23.7 Å². The first-order valence-corrected chi connectivity index (χ1v) is 7.67. The number of nitrogens with zero attached hydrogens (tertiary/aromatic N) is 1. The number of nitrogens with two attached hydrogens (primary N) is 1. The molecule has 0 radical (unpaired) electrons. The van der Waals surface area contributed by atoms with Gasteiger partial charge in [-0.1, -0.05) is 12.1 Å². The number of thiazole rings is 1. The maximum atomic E-state index is 12.2. The lowest BCUT2D eigenvalue weighted by molar-refractivity contribution is -0.119. The molecule has 21 heavy (non-hydrogen) atoms. The molecule has 112 valence electrons. The van der Waals surface area contributed by atoms with Crippen LogP contribution in [-0.4, -0.2) is 16.9 Å². The van der Waals surface area contributed by atoms with Gasteiger partial charge in [-0.3, -0.25) is 4.79 Å². The molecule has 1 aromatic heterocycles. The van der Waals surface area contributed by atoms with Crippen LogP contribution >= 0.6 is 23.7 Å². The van der Waals surface area contributed by atoms with Gasteiger partial charge in [0, 0.05) is 34.8 Å². The number of aromatic nitrogens is 1. The van der Waals surface area contributed by atoms with Crippen LogP contribution in [0.5, 0.6) is 0 Å². The van der Waals surface area contributed by atoms with Crippen LogP contribution in [0.2, 0.25) is 0 Å². The quantitative estimate of drug-likeness (QED) is 0.910. The van der Waals surface area contributed by atoms with Gasteiger partial charge >= 0.3 is 0 Å². The summed E-state index contributed by atoms with van der Waals surface area (Å²) in [6.45, 7) is 0. The van der Waals surface area contributed by atoms with Gasteiger partial charge in [-0.25, -0.2) is 4.98 Å². The maximum Gasteiger partial charge on any atom is 0.227 e. The maximum absolute atomic E-state index is 12.2. The van der Waals surface area contributed by atoms with Crippen LogP contribution in [0, 0.1) is 5.92 Å². The van der Waals surface area contributed by atoms with Crippen LogP contribution < -0.4 is 11.1 Å². The molecule has 1 amide bonds. The van der Waals surface area contributed by atoms with Crippen molar-refractivity contribution in [3.05, 3.63) is 35.8 Å². The highest BCUT2D eigenvalue weighted by Gasteiger charge is 2.27. The number of anilines is 1. The zero-order valence-electron chi connectivity index (χ0n) is 11.5. The molecule has 2 atom stereocenters. The lowest BCUT2D eigenvalue weighted by Gasteiger charge is -2.11. The summed E-state index contributed by atoms with van der Waals surface area (Å²) < 4.78 is 0. The molecule has 1 aliphatic rings. The number of halogens is 1. The second kappa shape index (κ2) is 7.02. The number of nitrogens with one attached hydrogen (secondary N) is 1. The molecule has 0 aliphatic heterocycles. The molecule has 0 spiro atoms. The van der Waals surface area contributed by atoms with E-state index in [1.165, 1.54) is 0 Å². The fraction of sp³-hybridized carbons (Fsp3) is 0.333. The first-order valence-electron chi connectivity index (χ1n) is 6.79. The van der Waals surface area contributed by atoms with Crippen molar-refractivity contribution in [2.75, 3.05) is 5.32 Å². The fourth-order valence-corrected chi connectivity index (χ4v) is 3.23. The third-order valence-corrected chi connectivity index (χ3v) is 4.48. The van der Waals surface area contributed by atoms with E-state index in [4.69, 9.17) is 5.73 Å². The monoisotopic (exact) mass is 323 g/mol. The first-order chi connectivity index (χ1) is 9.72. The van der Waals surface area contributed by atoms with E-state index >= 15 is 0 Å². The minimum absolute atomic E-state index is 0. The van der Waals surface area contributed by atoms with Crippen molar-refractivity contribution in [2.45, 2.75) is 25.3 Å². The zero-order chi connectivity index (χ0) is 13.9. The minimum atomic E-state index is 0. The van der Waals surface area contributed by atoms with E-state index < -0.39 is 0 Å². The largest absolute Gasteiger partial charge is 0.328 e. The van der Waals surface area contributed by atoms with Crippen LogP contribution in [0.15, 0.2) is 35.8 Å². The predicted octanol–water partition coefficient (Wildman–Crippen LogP) is 3.30. The molecule has 0 bridgehead atoms. The fourth-order valence-electron chi connectivity index (χ4n) is 2.59. The Morgan fingerprint density at radius 2 is 2.24 bits per heavy atom. The van der Waals surface area contributed by atoms with E-state index in [2.05, 4.69) is 10.3 Å². The number of amides is 1. The normalized spacial score (nSPS) is 20.8. The Kier molecular flexibility index (Phi) is 5.33. The van der Waals surface area contributed by atoms with Gasteiger partial charge in [0.05, 0.1) is 0 Å². The first kappa shape index (κ1) is 15.9. The standard InChI is InChI=1S/C15H17N3OS.ClH/c16-12-5-4-10(8-12)14(19)18-13-3-1-2-11(9-13)15-17-6-7-20-15;/h1-3,6-7,9-10,12H,4-5,8,16H2,(H,18,19);1H. The Labute approximate surface area is 134 Å². The molecule has 3 N–H and O–H groups in total. The SMILES string of the molecule is Cl.NC1CCC(C(=O)Nc2cccc(-c3nccs3)c2)C1. The van der Waals surface area contributed by atoms with Crippen LogP contribution in [0.25, 0.3) is 10.6 Å². The van der Waals surface area contributed by atoms with Crippen LogP contribution in [0.4, 0.5) is 5.69 Å². The summed E-state index contributed by atoms with van der Waals surface area (Å²) in [5.41, 5.74) is 7.71. The number of rotatable bonds is 3. The second-order valence-corrected chi connectivity index (χ2v) is 6.07. The summed E-state index contributed by atoms with van der Waals surface area (Å²) in [5, 5.41) is 5.90. The summed E-state index contributed by atoms with van der Waals surface area (Å²) in [6, 6.07) is 7.98. The third kappa shape index (κ3) is 3.81. The lowest BCUT2D eigenvalue weighted by Crippen LogP contribution is -2.23. The summed E-state index contributed by atoms with van der Waals surface area (Å²) in [7, 11) is 0. The molecule has 1 saturated carbocycles.